The van der Waals surface area contributed by atoms with E-state index in [0.717, 1.165) is 31.9 Å². The standard InChI is InChI=1S/C20H19FN2O2/c21-13-14-2-1-3-15(10-14)20-12-18(24)17-11-16(4-5-19(17)25-20)23-8-6-22-7-9-23/h1-5,10-12,22H,6-9,13H2. The average Bonchev–Trinajstić information content (AvgIpc) is 2.68. The molecule has 0 saturated carbocycles. The Balaban J connectivity index is 1.76. The molecular weight excluding hydrogens is 319 g/mol. The first-order valence-electron chi connectivity index (χ1n) is 8.43. The van der Waals surface area contributed by atoms with E-state index >= 15 is 0 Å². The summed E-state index contributed by atoms with van der Waals surface area (Å²) in [7, 11) is 0. The molecule has 0 atom stereocenters. The monoisotopic (exact) mass is 338 g/mol. The van der Waals surface area contributed by atoms with E-state index in [1.165, 1.54) is 6.07 Å². The molecule has 1 N–H and O–H groups in total. The minimum absolute atomic E-state index is 0.0844. The summed E-state index contributed by atoms with van der Waals surface area (Å²) in [5.74, 6) is 0.461. The largest absolute Gasteiger partial charge is 0.456 e. The maximum absolute atomic E-state index is 12.9. The smallest absolute Gasteiger partial charge is 0.193 e. The maximum atomic E-state index is 12.9. The van der Waals surface area contributed by atoms with Crippen molar-refractivity contribution in [3.63, 3.8) is 0 Å². The number of hydrogen-bond donors (Lipinski definition) is 1. The van der Waals surface area contributed by atoms with E-state index in [1.54, 1.807) is 18.2 Å². The van der Waals surface area contributed by atoms with Crippen LogP contribution in [0.3, 0.4) is 0 Å². The lowest BCUT2D eigenvalue weighted by Crippen LogP contribution is -2.43. The number of alkyl halides is 1. The number of piperazine rings is 1. The Bertz CT molecular complexity index is 961. The van der Waals surface area contributed by atoms with Crippen LogP contribution >= 0.6 is 0 Å². The molecule has 3 aromatic rings. The van der Waals surface area contributed by atoms with Gasteiger partial charge in [-0.2, -0.15) is 0 Å². The van der Waals surface area contributed by atoms with Gasteiger partial charge in [-0.1, -0.05) is 18.2 Å². The van der Waals surface area contributed by atoms with Crippen LogP contribution in [0.1, 0.15) is 5.56 Å². The molecule has 0 radical (unpaired) electrons. The maximum Gasteiger partial charge on any atom is 0.193 e. The second kappa shape index (κ2) is 6.69. The third kappa shape index (κ3) is 3.15. The summed E-state index contributed by atoms with van der Waals surface area (Å²) in [4.78, 5) is 14.9. The Morgan fingerprint density at radius 1 is 1.08 bits per heavy atom. The van der Waals surface area contributed by atoms with Gasteiger partial charge in [0.2, 0.25) is 0 Å². The Kier molecular flexibility index (Phi) is 4.24. The number of anilines is 1. The molecule has 128 valence electrons. The van der Waals surface area contributed by atoms with Gasteiger partial charge in [-0.05, 0) is 29.8 Å². The highest BCUT2D eigenvalue weighted by Gasteiger charge is 2.13. The Hall–Kier alpha value is -2.66. The lowest BCUT2D eigenvalue weighted by Gasteiger charge is -2.29. The first-order chi connectivity index (χ1) is 12.2. The molecule has 1 aliphatic rings. The number of rotatable bonds is 3. The third-order valence-corrected chi connectivity index (χ3v) is 4.56. The lowest BCUT2D eigenvalue weighted by atomic mass is 10.1. The number of nitrogens with zero attached hydrogens (tertiary/aromatic N) is 1. The summed E-state index contributed by atoms with van der Waals surface area (Å²) >= 11 is 0. The van der Waals surface area contributed by atoms with E-state index in [-0.39, 0.29) is 5.43 Å². The van der Waals surface area contributed by atoms with Crippen molar-refractivity contribution in [1.82, 2.24) is 5.32 Å². The van der Waals surface area contributed by atoms with Gasteiger partial charge in [0.25, 0.3) is 0 Å². The van der Waals surface area contributed by atoms with Gasteiger partial charge in [-0.15, -0.1) is 0 Å². The lowest BCUT2D eigenvalue weighted by molar-refractivity contribution is 0.485. The summed E-state index contributed by atoms with van der Waals surface area (Å²) in [5.41, 5.74) is 2.77. The van der Waals surface area contributed by atoms with E-state index in [0.29, 0.717) is 27.9 Å². The predicted molar refractivity (Wildman–Crippen MR) is 97.8 cm³/mol. The van der Waals surface area contributed by atoms with Crippen LogP contribution < -0.4 is 15.6 Å². The van der Waals surface area contributed by atoms with Crippen molar-refractivity contribution < 1.29 is 8.81 Å². The number of nitrogens with one attached hydrogen (secondary N) is 1. The van der Waals surface area contributed by atoms with Crippen LogP contribution in [0.4, 0.5) is 10.1 Å². The van der Waals surface area contributed by atoms with Crippen LogP contribution in [-0.4, -0.2) is 26.2 Å². The summed E-state index contributed by atoms with van der Waals surface area (Å²) in [6, 6.07) is 14.2. The van der Waals surface area contributed by atoms with Gasteiger partial charge < -0.3 is 14.6 Å². The third-order valence-electron chi connectivity index (χ3n) is 4.56. The molecule has 0 bridgehead atoms. The van der Waals surface area contributed by atoms with Crippen molar-refractivity contribution in [2.45, 2.75) is 6.67 Å². The van der Waals surface area contributed by atoms with E-state index < -0.39 is 6.67 Å². The minimum Gasteiger partial charge on any atom is -0.456 e. The van der Waals surface area contributed by atoms with Gasteiger partial charge in [0.05, 0.1) is 5.39 Å². The van der Waals surface area contributed by atoms with Crippen molar-refractivity contribution in [3.05, 3.63) is 64.3 Å². The Morgan fingerprint density at radius 3 is 2.72 bits per heavy atom. The van der Waals surface area contributed by atoms with Gasteiger partial charge >= 0.3 is 0 Å². The van der Waals surface area contributed by atoms with Gasteiger partial charge in [0.15, 0.2) is 5.43 Å². The topological polar surface area (TPSA) is 45.5 Å². The first kappa shape index (κ1) is 15.8. The normalized spacial score (nSPS) is 14.8. The molecule has 1 saturated heterocycles. The van der Waals surface area contributed by atoms with Gasteiger partial charge in [0.1, 0.15) is 18.0 Å². The summed E-state index contributed by atoms with van der Waals surface area (Å²) in [6.45, 7) is 3.18. The Labute approximate surface area is 144 Å². The quantitative estimate of drug-likeness (QED) is 0.796. The first-order valence-corrected chi connectivity index (χ1v) is 8.43. The highest BCUT2D eigenvalue weighted by molar-refractivity contribution is 5.82. The molecule has 5 heteroatoms. The van der Waals surface area contributed by atoms with E-state index in [9.17, 15) is 9.18 Å². The van der Waals surface area contributed by atoms with Crippen LogP contribution in [0, 0.1) is 0 Å². The number of benzene rings is 2. The minimum atomic E-state index is -0.542. The fourth-order valence-electron chi connectivity index (χ4n) is 3.21. The van der Waals surface area contributed by atoms with Crippen molar-refractivity contribution in [2.24, 2.45) is 0 Å². The Morgan fingerprint density at radius 2 is 1.92 bits per heavy atom. The second-order valence-electron chi connectivity index (χ2n) is 6.23. The van der Waals surface area contributed by atoms with Crippen LogP contribution in [0.25, 0.3) is 22.3 Å². The van der Waals surface area contributed by atoms with E-state index in [2.05, 4.69) is 10.2 Å². The zero-order valence-corrected chi connectivity index (χ0v) is 13.8. The van der Waals surface area contributed by atoms with Gasteiger partial charge in [-0.3, -0.25) is 4.79 Å². The molecule has 2 aromatic carbocycles. The van der Waals surface area contributed by atoms with Crippen LogP contribution in [0.2, 0.25) is 0 Å². The summed E-state index contributed by atoms with van der Waals surface area (Å²) < 4.78 is 18.8. The van der Waals surface area contributed by atoms with Crippen molar-refractivity contribution in [1.29, 1.82) is 0 Å². The number of fused-ring (bicyclic) bond motifs is 1. The fraction of sp³-hybridized carbons (Fsp3) is 0.250. The average molecular weight is 338 g/mol. The zero-order chi connectivity index (χ0) is 17.2. The highest BCUT2D eigenvalue weighted by atomic mass is 19.1. The molecule has 0 aliphatic carbocycles. The van der Waals surface area contributed by atoms with Crippen molar-refractivity contribution in [3.8, 4) is 11.3 Å². The second-order valence-corrected chi connectivity index (χ2v) is 6.23. The number of hydrogen-bond acceptors (Lipinski definition) is 4. The van der Waals surface area contributed by atoms with Crippen LogP contribution in [0.5, 0.6) is 0 Å². The molecule has 4 nitrogen and oxygen atoms in total. The van der Waals surface area contributed by atoms with E-state index in [4.69, 9.17) is 4.42 Å². The fourth-order valence-corrected chi connectivity index (χ4v) is 3.21. The van der Waals surface area contributed by atoms with Crippen LogP contribution in [-0.2, 0) is 6.67 Å². The van der Waals surface area contributed by atoms with Crippen LogP contribution in [0.15, 0.2) is 57.7 Å². The summed E-state index contributed by atoms with van der Waals surface area (Å²) in [6.07, 6.45) is 0. The molecule has 1 aromatic heterocycles. The molecule has 1 fully saturated rings. The summed E-state index contributed by atoms with van der Waals surface area (Å²) in [5, 5.41) is 3.89. The predicted octanol–water partition coefficient (Wildman–Crippen LogP) is 3.34. The van der Waals surface area contributed by atoms with Gasteiger partial charge in [0, 0.05) is 43.5 Å². The molecule has 0 unspecified atom stereocenters. The number of halogens is 1. The molecular formula is C20H19FN2O2. The molecule has 2 heterocycles. The highest BCUT2D eigenvalue weighted by Crippen LogP contribution is 2.26. The molecule has 0 spiro atoms. The van der Waals surface area contributed by atoms with Crippen molar-refractivity contribution in [2.75, 3.05) is 31.1 Å². The molecule has 4 rings (SSSR count). The zero-order valence-electron chi connectivity index (χ0n) is 13.8. The van der Waals surface area contributed by atoms with Gasteiger partial charge in [-0.25, -0.2) is 4.39 Å². The SMILES string of the molecule is O=c1cc(-c2cccc(CF)c2)oc2ccc(N3CCNCC3)cc12. The van der Waals surface area contributed by atoms with E-state index in [1.807, 2.05) is 24.3 Å². The molecule has 1 aliphatic heterocycles. The molecule has 0 amide bonds. The molecule has 25 heavy (non-hydrogen) atoms. The van der Waals surface area contributed by atoms with Crippen molar-refractivity contribution >= 4 is 16.7 Å².